The van der Waals surface area contributed by atoms with Gasteiger partial charge in [-0.2, -0.15) is 0 Å². The van der Waals surface area contributed by atoms with Gasteiger partial charge in [0, 0.05) is 31.4 Å². The zero-order chi connectivity index (χ0) is 15.7. The molecule has 2 aromatic rings. The lowest BCUT2D eigenvalue weighted by Gasteiger charge is -2.16. The summed E-state index contributed by atoms with van der Waals surface area (Å²) in [6.45, 7) is 1.54. The van der Waals surface area contributed by atoms with Crippen LogP contribution in [-0.4, -0.2) is 27.8 Å². The molecule has 0 unspecified atom stereocenters. The van der Waals surface area contributed by atoms with E-state index in [-0.39, 0.29) is 0 Å². The van der Waals surface area contributed by atoms with Crippen LogP contribution in [0, 0.1) is 0 Å². The third kappa shape index (κ3) is 2.40. The van der Waals surface area contributed by atoms with Gasteiger partial charge in [-0.25, -0.2) is 0 Å². The topological polar surface area (TPSA) is 47.7 Å². The maximum absolute atomic E-state index is 5.82. The molecule has 116 valence electrons. The quantitative estimate of drug-likeness (QED) is 0.943. The monoisotopic (exact) mass is 298 g/mol. The molecule has 0 saturated heterocycles. The summed E-state index contributed by atoms with van der Waals surface area (Å²) < 4.78 is 11.0. The van der Waals surface area contributed by atoms with Crippen LogP contribution in [0.2, 0.25) is 0 Å². The van der Waals surface area contributed by atoms with Gasteiger partial charge < -0.3 is 20.1 Å². The molecule has 0 amide bonds. The van der Waals surface area contributed by atoms with E-state index in [0.717, 1.165) is 41.2 Å². The van der Waals surface area contributed by atoms with Crippen molar-refractivity contribution in [2.75, 3.05) is 32.7 Å². The van der Waals surface area contributed by atoms with Crippen molar-refractivity contribution in [3.8, 4) is 22.6 Å². The van der Waals surface area contributed by atoms with Crippen LogP contribution in [0.4, 0.5) is 5.69 Å². The Bertz CT molecular complexity index is 698. The van der Waals surface area contributed by atoms with Crippen LogP contribution < -0.4 is 20.1 Å². The third-order valence-corrected chi connectivity index (χ3v) is 4.29. The first-order chi connectivity index (χ1) is 10.7. The van der Waals surface area contributed by atoms with Crippen molar-refractivity contribution in [3.05, 3.63) is 41.5 Å². The fourth-order valence-corrected chi connectivity index (χ4v) is 3.09. The highest BCUT2D eigenvalue weighted by Crippen LogP contribution is 2.41. The van der Waals surface area contributed by atoms with E-state index in [9.17, 15) is 0 Å². The molecule has 1 aliphatic heterocycles. The Balaban J connectivity index is 2.15. The van der Waals surface area contributed by atoms with E-state index >= 15 is 0 Å². The first-order valence-electron chi connectivity index (χ1n) is 7.47. The second kappa shape index (κ2) is 5.89. The summed E-state index contributed by atoms with van der Waals surface area (Å²) in [5.74, 6) is 1.48. The van der Waals surface area contributed by atoms with Gasteiger partial charge in [0.2, 0.25) is 0 Å². The number of benzene rings is 2. The number of nitrogens with two attached hydrogens (primary N) is 1. The maximum atomic E-state index is 5.82. The van der Waals surface area contributed by atoms with Crippen LogP contribution in [0.15, 0.2) is 30.3 Å². The smallest absolute Gasteiger partial charge is 0.168 e. The van der Waals surface area contributed by atoms with Crippen LogP contribution in [0.3, 0.4) is 0 Å². The molecule has 0 radical (unpaired) electrons. The van der Waals surface area contributed by atoms with Crippen molar-refractivity contribution in [3.63, 3.8) is 0 Å². The van der Waals surface area contributed by atoms with E-state index < -0.39 is 0 Å². The minimum atomic E-state index is 0.473. The van der Waals surface area contributed by atoms with Crippen molar-refractivity contribution in [2.45, 2.75) is 13.0 Å². The summed E-state index contributed by atoms with van der Waals surface area (Å²) in [6, 6.07) is 10.6. The minimum absolute atomic E-state index is 0.473. The highest BCUT2D eigenvalue weighted by atomic mass is 16.5. The van der Waals surface area contributed by atoms with Crippen LogP contribution in [-0.2, 0) is 13.0 Å². The molecular weight excluding hydrogens is 276 g/mol. The predicted octanol–water partition coefficient (Wildman–Crippen LogP) is 2.82. The molecule has 1 aliphatic rings. The van der Waals surface area contributed by atoms with Gasteiger partial charge in [-0.1, -0.05) is 6.07 Å². The summed E-state index contributed by atoms with van der Waals surface area (Å²) in [5.41, 5.74) is 11.7. The molecule has 2 N–H and O–H groups in total. The average Bonchev–Trinajstić information content (AvgIpc) is 2.94. The number of nitrogens with zero attached hydrogens (tertiary/aromatic N) is 1. The SMILES string of the molecule is COc1cc(CN)cc(-c2ccc3c(c2)CCN3C)c1OC. The summed E-state index contributed by atoms with van der Waals surface area (Å²) in [5, 5.41) is 0. The molecule has 4 heteroatoms. The third-order valence-electron chi connectivity index (χ3n) is 4.29. The van der Waals surface area contributed by atoms with E-state index in [1.807, 2.05) is 6.07 Å². The summed E-state index contributed by atoms with van der Waals surface area (Å²) >= 11 is 0. The normalized spacial score (nSPS) is 13.2. The van der Waals surface area contributed by atoms with Crippen LogP contribution >= 0.6 is 0 Å². The Morgan fingerprint density at radius 3 is 2.64 bits per heavy atom. The highest BCUT2D eigenvalue weighted by molar-refractivity contribution is 5.77. The molecule has 3 rings (SSSR count). The van der Waals surface area contributed by atoms with Crippen molar-refractivity contribution >= 4 is 5.69 Å². The lowest BCUT2D eigenvalue weighted by atomic mass is 9.98. The van der Waals surface area contributed by atoms with Crippen LogP contribution in [0.5, 0.6) is 11.5 Å². The Labute approximate surface area is 131 Å². The van der Waals surface area contributed by atoms with Gasteiger partial charge in [0.05, 0.1) is 14.2 Å². The Hall–Kier alpha value is -2.20. The van der Waals surface area contributed by atoms with Crippen molar-refractivity contribution in [2.24, 2.45) is 5.73 Å². The second-order valence-corrected chi connectivity index (χ2v) is 5.60. The molecule has 1 heterocycles. The number of fused-ring (bicyclic) bond motifs is 1. The lowest BCUT2D eigenvalue weighted by molar-refractivity contribution is 0.355. The van der Waals surface area contributed by atoms with Gasteiger partial charge >= 0.3 is 0 Å². The number of rotatable bonds is 4. The predicted molar refractivity (Wildman–Crippen MR) is 89.8 cm³/mol. The van der Waals surface area contributed by atoms with Crippen molar-refractivity contribution in [1.29, 1.82) is 0 Å². The second-order valence-electron chi connectivity index (χ2n) is 5.60. The van der Waals surface area contributed by atoms with Gasteiger partial charge in [-0.3, -0.25) is 0 Å². The van der Waals surface area contributed by atoms with Crippen LogP contribution in [0.1, 0.15) is 11.1 Å². The zero-order valence-corrected chi connectivity index (χ0v) is 13.3. The van der Waals surface area contributed by atoms with E-state index in [0.29, 0.717) is 6.54 Å². The Kier molecular flexibility index (Phi) is 3.94. The molecule has 4 nitrogen and oxygen atoms in total. The standard InChI is InChI=1S/C18H22N2O2/c1-20-7-6-14-10-13(4-5-16(14)20)15-8-12(11-19)9-17(21-2)18(15)22-3/h4-5,8-10H,6-7,11,19H2,1-3H3. The number of hydrogen-bond acceptors (Lipinski definition) is 4. The summed E-state index contributed by atoms with van der Waals surface area (Å²) in [6.07, 6.45) is 1.08. The summed E-state index contributed by atoms with van der Waals surface area (Å²) in [7, 11) is 5.45. The largest absolute Gasteiger partial charge is 0.493 e. The van der Waals surface area contributed by atoms with E-state index in [1.54, 1.807) is 14.2 Å². The van der Waals surface area contributed by atoms with Crippen molar-refractivity contribution in [1.82, 2.24) is 0 Å². The number of methoxy groups -OCH3 is 2. The number of ether oxygens (including phenoxy) is 2. The molecule has 0 atom stereocenters. The molecule has 0 bridgehead atoms. The van der Waals surface area contributed by atoms with E-state index in [4.69, 9.17) is 15.2 Å². The molecular formula is C18H22N2O2. The fourth-order valence-electron chi connectivity index (χ4n) is 3.09. The summed E-state index contributed by atoms with van der Waals surface area (Å²) in [4.78, 5) is 2.28. The molecule has 22 heavy (non-hydrogen) atoms. The molecule has 0 spiro atoms. The minimum Gasteiger partial charge on any atom is -0.493 e. The molecule has 2 aromatic carbocycles. The van der Waals surface area contributed by atoms with Gasteiger partial charge in [0.15, 0.2) is 11.5 Å². The molecule has 0 saturated carbocycles. The van der Waals surface area contributed by atoms with Crippen LogP contribution in [0.25, 0.3) is 11.1 Å². The maximum Gasteiger partial charge on any atom is 0.168 e. The first kappa shape index (κ1) is 14.7. The highest BCUT2D eigenvalue weighted by Gasteiger charge is 2.19. The van der Waals surface area contributed by atoms with Gasteiger partial charge in [0.25, 0.3) is 0 Å². The van der Waals surface area contributed by atoms with Crippen molar-refractivity contribution < 1.29 is 9.47 Å². The van der Waals surface area contributed by atoms with Gasteiger partial charge in [-0.05, 0) is 47.4 Å². The van der Waals surface area contributed by atoms with E-state index in [1.165, 1.54) is 11.3 Å². The molecule has 0 fully saturated rings. The van der Waals surface area contributed by atoms with E-state index in [2.05, 4.69) is 36.2 Å². The molecule has 0 aliphatic carbocycles. The number of anilines is 1. The average molecular weight is 298 g/mol. The van der Waals surface area contributed by atoms with Gasteiger partial charge in [-0.15, -0.1) is 0 Å². The fraction of sp³-hybridized carbons (Fsp3) is 0.333. The number of likely N-dealkylation sites (N-methyl/N-ethyl adjacent to an activating group) is 1. The van der Waals surface area contributed by atoms with Gasteiger partial charge in [0.1, 0.15) is 0 Å². The zero-order valence-electron chi connectivity index (χ0n) is 13.3. The molecule has 0 aromatic heterocycles. The Morgan fingerprint density at radius 1 is 1.14 bits per heavy atom. The first-order valence-corrected chi connectivity index (χ1v) is 7.47. The lowest BCUT2D eigenvalue weighted by Crippen LogP contribution is -2.12. The number of hydrogen-bond donors (Lipinski definition) is 1. The Morgan fingerprint density at radius 2 is 1.95 bits per heavy atom.